The molecule has 42 heavy (non-hydrogen) atoms. The van der Waals surface area contributed by atoms with Gasteiger partial charge in [0, 0.05) is 65.6 Å². The first kappa shape index (κ1) is 27.1. The zero-order valence-corrected chi connectivity index (χ0v) is 24.2. The number of imidazole rings is 1. The van der Waals surface area contributed by atoms with Crippen LogP contribution in [-0.2, 0) is 19.5 Å². The van der Waals surface area contributed by atoms with Gasteiger partial charge in [0.25, 0.3) is 0 Å². The summed E-state index contributed by atoms with van der Waals surface area (Å²) in [6.45, 7) is 6.02. The van der Waals surface area contributed by atoms with Gasteiger partial charge < -0.3 is 25.1 Å². The van der Waals surface area contributed by atoms with Crippen LogP contribution in [0.3, 0.4) is 0 Å². The van der Waals surface area contributed by atoms with Crippen molar-refractivity contribution < 1.29 is 4.39 Å². The van der Waals surface area contributed by atoms with Gasteiger partial charge in [0.05, 0.1) is 23.4 Å². The average Bonchev–Trinajstić information content (AvgIpc) is 3.58. The maximum Gasteiger partial charge on any atom is 0.220 e. The lowest BCUT2D eigenvalue weighted by molar-refractivity contribution is 0.183. The van der Waals surface area contributed by atoms with Crippen molar-refractivity contribution in [2.45, 2.75) is 44.8 Å². The number of rotatable bonds is 7. The topological polar surface area (TPSA) is 89.8 Å². The molecule has 0 amide bonds. The Morgan fingerprint density at radius 3 is 2.67 bits per heavy atom. The van der Waals surface area contributed by atoms with Crippen LogP contribution < -0.4 is 11.1 Å². The van der Waals surface area contributed by atoms with E-state index >= 15 is 0 Å². The Balaban J connectivity index is 1.05. The molecule has 5 aromatic rings. The van der Waals surface area contributed by atoms with Crippen molar-refractivity contribution in [2.24, 2.45) is 0 Å². The number of nitrogens with two attached hydrogens (primary N) is 1. The molecule has 0 saturated carbocycles. The van der Waals surface area contributed by atoms with Gasteiger partial charge in [-0.3, -0.25) is 0 Å². The minimum Gasteiger partial charge on any atom is -0.368 e. The lowest BCUT2D eigenvalue weighted by atomic mass is 10.0. The smallest absolute Gasteiger partial charge is 0.220 e. The lowest BCUT2D eigenvalue weighted by Crippen LogP contribution is -2.35. The molecule has 0 bridgehead atoms. The van der Waals surface area contributed by atoms with Gasteiger partial charge in [-0.15, -0.1) is 0 Å². The molecule has 3 aromatic heterocycles. The summed E-state index contributed by atoms with van der Waals surface area (Å²) in [7, 11) is 0. The largest absolute Gasteiger partial charge is 0.368 e. The SMILES string of the molecule is Nc1nccc(-c2c(-c3ccc(F)cc3)ncn2C2CCN(CCCn3c4c(c5cc(Cl)ccc53)CCNC4)CC2)n1. The molecule has 1 fully saturated rings. The summed E-state index contributed by atoms with van der Waals surface area (Å²) in [6, 6.07) is 14.9. The summed E-state index contributed by atoms with van der Waals surface area (Å²) in [5.74, 6) is -0.0555. The van der Waals surface area contributed by atoms with Crippen molar-refractivity contribution in [3.8, 4) is 22.6 Å². The van der Waals surface area contributed by atoms with Crippen molar-refractivity contribution in [1.82, 2.24) is 34.3 Å². The van der Waals surface area contributed by atoms with Crippen LogP contribution in [0.15, 0.2) is 61.1 Å². The molecule has 0 unspecified atom stereocenters. The predicted octanol–water partition coefficient (Wildman–Crippen LogP) is 5.71. The van der Waals surface area contributed by atoms with Crippen molar-refractivity contribution >= 4 is 28.5 Å². The number of hydrogen-bond acceptors (Lipinski definition) is 6. The number of aromatic nitrogens is 5. The van der Waals surface area contributed by atoms with Gasteiger partial charge in [-0.1, -0.05) is 11.6 Å². The van der Waals surface area contributed by atoms with Crippen LogP contribution in [0.4, 0.5) is 10.3 Å². The minimum absolute atomic E-state index is 0.218. The van der Waals surface area contributed by atoms with Gasteiger partial charge in [0.2, 0.25) is 5.95 Å². The van der Waals surface area contributed by atoms with Crippen LogP contribution in [0, 0.1) is 5.82 Å². The zero-order valence-electron chi connectivity index (χ0n) is 23.4. The first-order valence-electron chi connectivity index (χ1n) is 14.7. The van der Waals surface area contributed by atoms with Crippen LogP contribution in [-0.4, -0.2) is 55.2 Å². The lowest BCUT2D eigenvalue weighted by Gasteiger charge is -2.33. The summed E-state index contributed by atoms with van der Waals surface area (Å²) < 4.78 is 18.4. The molecule has 5 heterocycles. The maximum absolute atomic E-state index is 13.7. The monoisotopic (exact) mass is 584 g/mol. The Morgan fingerprint density at radius 1 is 1.02 bits per heavy atom. The van der Waals surface area contributed by atoms with Crippen LogP contribution in [0.25, 0.3) is 33.5 Å². The van der Waals surface area contributed by atoms with E-state index in [4.69, 9.17) is 22.3 Å². The van der Waals surface area contributed by atoms with E-state index in [1.54, 1.807) is 18.3 Å². The number of hydrogen-bond donors (Lipinski definition) is 2. The van der Waals surface area contributed by atoms with E-state index < -0.39 is 0 Å². The highest BCUT2D eigenvalue weighted by molar-refractivity contribution is 6.31. The molecule has 2 aliphatic heterocycles. The summed E-state index contributed by atoms with van der Waals surface area (Å²) >= 11 is 6.36. The van der Waals surface area contributed by atoms with Crippen molar-refractivity contribution in [3.05, 3.63) is 83.2 Å². The molecule has 0 radical (unpaired) electrons. The van der Waals surface area contributed by atoms with Crippen LogP contribution in [0.5, 0.6) is 0 Å². The molecule has 2 aromatic carbocycles. The van der Waals surface area contributed by atoms with Crippen LogP contribution in [0.1, 0.15) is 36.6 Å². The van der Waals surface area contributed by atoms with E-state index in [9.17, 15) is 4.39 Å². The average molecular weight is 585 g/mol. The molecular formula is C32H34ClFN8. The molecular weight excluding hydrogens is 551 g/mol. The summed E-state index contributed by atoms with van der Waals surface area (Å²) in [4.78, 5) is 15.9. The second-order valence-corrected chi connectivity index (χ2v) is 11.7. The van der Waals surface area contributed by atoms with E-state index in [0.717, 1.165) is 92.6 Å². The molecule has 0 atom stereocenters. The van der Waals surface area contributed by atoms with Crippen molar-refractivity contribution in [2.75, 3.05) is 31.9 Å². The Kier molecular flexibility index (Phi) is 7.39. The van der Waals surface area contributed by atoms with E-state index in [1.807, 2.05) is 18.5 Å². The molecule has 0 spiro atoms. The van der Waals surface area contributed by atoms with Gasteiger partial charge >= 0.3 is 0 Å². The minimum atomic E-state index is -0.274. The highest BCUT2D eigenvalue weighted by Gasteiger charge is 2.26. The third kappa shape index (κ3) is 5.17. The quantitative estimate of drug-likeness (QED) is 0.255. The molecule has 216 valence electrons. The van der Waals surface area contributed by atoms with E-state index in [-0.39, 0.29) is 17.8 Å². The summed E-state index contributed by atoms with van der Waals surface area (Å²) in [5, 5.41) is 5.66. The third-order valence-corrected chi connectivity index (χ3v) is 8.96. The number of anilines is 1. The first-order valence-corrected chi connectivity index (χ1v) is 15.1. The predicted molar refractivity (Wildman–Crippen MR) is 165 cm³/mol. The highest BCUT2D eigenvalue weighted by atomic mass is 35.5. The normalized spacial score (nSPS) is 16.2. The molecule has 10 heteroatoms. The van der Waals surface area contributed by atoms with Gasteiger partial charge in [0.1, 0.15) is 5.82 Å². The number of likely N-dealkylation sites (tertiary alicyclic amines) is 1. The number of halogens is 2. The standard InChI is InChI=1S/C32H34ClFN8/c33-22-4-7-28-26(18-22)25-8-12-36-19-29(25)41(28)15-1-14-40-16-10-24(11-17-40)42-20-38-30(21-2-5-23(34)6-3-21)31(42)27-9-13-37-32(35)39-27/h2-7,9,13,18,20,24,36H,1,8,10-12,14-17,19H2,(H2,35,37,39). The van der Waals surface area contributed by atoms with Crippen molar-refractivity contribution in [3.63, 3.8) is 0 Å². The second-order valence-electron chi connectivity index (χ2n) is 11.2. The molecule has 3 N–H and O–H groups in total. The molecule has 7 rings (SSSR count). The zero-order chi connectivity index (χ0) is 28.6. The molecule has 1 saturated heterocycles. The summed E-state index contributed by atoms with van der Waals surface area (Å²) in [6.07, 6.45) is 7.73. The Labute approximate surface area is 249 Å². The van der Waals surface area contributed by atoms with Crippen LogP contribution >= 0.6 is 11.6 Å². The van der Waals surface area contributed by atoms with E-state index in [1.165, 1.54) is 34.3 Å². The maximum atomic E-state index is 13.7. The highest BCUT2D eigenvalue weighted by Crippen LogP contribution is 2.36. The fourth-order valence-corrected chi connectivity index (χ4v) is 6.87. The number of nitrogens with zero attached hydrogens (tertiary/aromatic N) is 6. The third-order valence-electron chi connectivity index (χ3n) is 8.73. The number of nitrogens with one attached hydrogen (secondary N) is 1. The van der Waals surface area contributed by atoms with Gasteiger partial charge in [-0.2, -0.15) is 0 Å². The molecule has 8 nitrogen and oxygen atoms in total. The summed E-state index contributed by atoms with van der Waals surface area (Å²) in [5.41, 5.74) is 13.3. The Bertz CT molecular complexity index is 1720. The number of fused-ring (bicyclic) bond motifs is 3. The van der Waals surface area contributed by atoms with Gasteiger partial charge in [-0.25, -0.2) is 19.3 Å². The van der Waals surface area contributed by atoms with E-state index in [2.05, 4.69) is 41.5 Å². The number of aryl methyl sites for hydroxylation is 1. The second kappa shape index (κ2) is 11.5. The van der Waals surface area contributed by atoms with E-state index in [0.29, 0.717) is 0 Å². The Hall–Kier alpha value is -3.79. The number of nitrogen functional groups attached to an aromatic ring is 1. The fraction of sp³-hybridized carbons (Fsp3) is 0.344. The Morgan fingerprint density at radius 2 is 1.86 bits per heavy atom. The number of benzene rings is 2. The number of piperidine rings is 1. The molecule has 2 aliphatic rings. The van der Waals surface area contributed by atoms with Crippen LogP contribution in [0.2, 0.25) is 5.02 Å². The van der Waals surface area contributed by atoms with Crippen molar-refractivity contribution in [1.29, 1.82) is 0 Å². The van der Waals surface area contributed by atoms with Gasteiger partial charge in [0.15, 0.2) is 0 Å². The van der Waals surface area contributed by atoms with Gasteiger partial charge in [-0.05, 0) is 92.9 Å². The first-order chi connectivity index (χ1) is 20.5. The molecule has 0 aliphatic carbocycles. The fourth-order valence-electron chi connectivity index (χ4n) is 6.70.